The average molecular weight is 187 g/mol. The Morgan fingerprint density at radius 1 is 1.33 bits per heavy atom. The Morgan fingerprint density at radius 2 is 2.00 bits per heavy atom. The number of rotatable bonds is 2. The summed E-state index contributed by atoms with van der Waals surface area (Å²) in [5, 5.41) is 18.3. The minimum absolute atomic E-state index is 0.0313. The van der Waals surface area contributed by atoms with Gasteiger partial charge in [0, 0.05) is 5.41 Å². The van der Waals surface area contributed by atoms with E-state index >= 15 is 0 Å². The first kappa shape index (κ1) is 8.66. The number of hydrogen-bond acceptors (Lipinski definition) is 4. The van der Waals surface area contributed by atoms with Crippen LogP contribution in [0.4, 0.5) is 0 Å². The van der Waals surface area contributed by atoms with Crippen LogP contribution in [0.15, 0.2) is 22.8 Å². The summed E-state index contributed by atoms with van der Waals surface area (Å²) in [6, 6.07) is 0. The summed E-state index contributed by atoms with van der Waals surface area (Å²) in [6.07, 6.45) is 1.07. The van der Waals surface area contributed by atoms with Gasteiger partial charge in [-0.1, -0.05) is 0 Å². The normalized spacial score (nSPS) is 15.7. The van der Waals surface area contributed by atoms with Gasteiger partial charge in [-0.05, 0) is 18.0 Å². The van der Waals surface area contributed by atoms with Crippen LogP contribution in [-0.2, 0) is 9.59 Å². The molecule has 0 unspecified atom stereocenters. The third-order valence-electron chi connectivity index (χ3n) is 1.13. The topological polar surface area (TPSA) is 86.6 Å². The van der Waals surface area contributed by atoms with E-state index in [0.717, 1.165) is 18.0 Å². The summed E-state index contributed by atoms with van der Waals surface area (Å²) < 4.78 is 2.44. The van der Waals surface area contributed by atoms with E-state index in [0.29, 0.717) is 0 Å². The lowest BCUT2D eigenvalue weighted by molar-refractivity contribution is -0.133. The van der Waals surface area contributed by atoms with Crippen molar-refractivity contribution in [2.24, 2.45) is 0 Å². The van der Waals surface area contributed by atoms with Crippen molar-refractivity contribution < 1.29 is 19.8 Å². The number of aliphatic carboxylic acids is 2. The molecule has 12 heavy (non-hydrogen) atoms. The van der Waals surface area contributed by atoms with Gasteiger partial charge in [-0.15, -0.1) is 0 Å². The van der Waals surface area contributed by atoms with Crippen molar-refractivity contribution in [3.05, 3.63) is 22.8 Å². The highest BCUT2D eigenvalue weighted by Gasteiger charge is 2.15. The van der Waals surface area contributed by atoms with Gasteiger partial charge in [0.05, 0.1) is 5.57 Å². The van der Waals surface area contributed by atoms with Gasteiger partial charge < -0.3 is 14.9 Å². The monoisotopic (exact) mass is 187 g/mol. The average Bonchev–Trinajstić information content (AvgIpc) is 2.04. The molecule has 0 aromatic carbocycles. The van der Waals surface area contributed by atoms with Crippen LogP contribution in [0, 0.1) is 0 Å². The molecule has 0 atom stereocenters. The molecule has 1 aliphatic rings. The molecule has 64 valence electrons. The molecule has 0 amide bonds. The Balaban J connectivity index is 2.88. The molecule has 1 rings (SSSR count). The van der Waals surface area contributed by atoms with Gasteiger partial charge in [0.15, 0.2) is 0 Å². The van der Waals surface area contributed by atoms with Crippen molar-refractivity contribution in [2.45, 2.75) is 0 Å². The van der Waals surface area contributed by atoms with E-state index in [1.807, 2.05) is 0 Å². The second-order valence-electron chi connectivity index (χ2n) is 1.96. The Labute approximate surface area is 71.9 Å². The minimum atomic E-state index is -1.17. The van der Waals surface area contributed by atoms with Crippen LogP contribution in [0.3, 0.4) is 0 Å². The molecule has 0 fully saturated rings. The van der Waals surface area contributed by atoms with Crippen LogP contribution in [0.25, 0.3) is 0 Å². The molecule has 0 spiro atoms. The van der Waals surface area contributed by atoms with Gasteiger partial charge in [0.1, 0.15) is 5.70 Å². The standard InChI is InChI=1S/C6H5NO4S/c8-5(9)3-1-4(6(10)11)7-12-2-3/h1-2,7H,(H,8,9)(H,10,11). The van der Waals surface area contributed by atoms with Crippen LogP contribution in [0.5, 0.6) is 0 Å². The molecule has 6 heteroatoms. The lowest BCUT2D eigenvalue weighted by Gasteiger charge is -2.08. The Kier molecular flexibility index (Phi) is 2.39. The third kappa shape index (κ3) is 1.79. The molecule has 5 nitrogen and oxygen atoms in total. The van der Waals surface area contributed by atoms with Crippen molar-refractivity contribution in [3.8, 4) is 0 Å². The summed E-state index contributed by atoms with van der Waals surface area (Å²) in [5.74, 6) is -2.31. The van der Waals surface area contributed by atoms with Gasteiger partial charge in [-0.2, -0.15) is 0 Å². The summed E-state index contributed by atoms with van der Waals surface area (Å²) in [4.78, 5) is 20.7. The van der Waals surface area contributed by atoms with Crippen molar-refractivity contribution in [2.75, 3.05) is 0 Å². The number of carbonyl (C=O) groups is 2. The SMILES string of the molecule is O=C(O)C1=CSNC(C(=O)O)=C1. The summed E-state index contributed by atoms with van der Waals surface area (Å²) in [5.41, 5.74) is -0.156. The smallest absolute Gasteiger partial charge is 0.352 e. The van der Waals surface area contributed by atoms with Gasteiger partial charge >= 0.3 is 11.9 Å². The van der Waals surface area contributed by atoms with Crippen molar-refractivity contribution >= 4 is 23.9 Å². The first-order valence-electron chi connectivity index (χ1n) is 2.91. The molecule has 1 aliphatic heterocycles. The van der Waals surface area contributed by atoms with Gasteiger partial charge in [-0.25, -0.2) is 9.59 Å². The Morgan fingerprint density at radius 3 is 2.50 bits per heavy atom. The molecule has 0 aromatic heterocycles. The highest BCUT2D eigenvalue weighted by Crippen LogP contribution is 2.15. The predicted molar refractivity (Wildman–Crippen MR) is 42.2 cm³/mol. The van der Waals surface area contributed by atoms with Gasteiger partial charge in [0.2, 0.25) is 0 Å². The fourth-order valence-corrected chi connectivity index (χ4v) is 1.22. The molecule has 0 bridgehead atoms. The van der Waals surface area contributed by atoms with E-state index in [9.17, 15) is 9.59 Å². The molecule has 0 aliphatic carbocycles. The zero-order valence-corrected chi connectivity index (χ0v) is 6.59. The maximum atomic E-state index is 10.4. The van der Waals surface area contributed by atoms with E-state index in [2.05, 4.69) is 4.72 Å². The Hall–Kier alpha value is -1.43. The second kappa shape index (κ2) is 3.31. The zero-order valence-electron chi connectivity index (χ0n) is 5.77. The molecule has 0 aromatic rings. The quantitative estimate of drug-likeness (QED) is 0.534. The van der Waals surface area contributed by atoms with Crippen LogP contribution < -0.4 is 4.72 Å². The van der Waals surface area contributed by atoms with Crippen molar-refractivity contribution in [3.63, 3.8) is 0 Å². The third-order valence-corrected chi connectivity index (χ3v) is 1.84. The lowest BCUT2D eigenvalue weighted by atomic mass is 10.2. The van der Waals surface area contributed by atoms with Gasteiger partial charge in [-0.3, -0.25) is 0 Å². The molecular formula is C6H5NO4S. The van der Waals surface area contributed by atoms with E-state index in [1.54, 1.807) is 0 Å². The van der Waals surface area contributed by atoms with E-state index in [1.165, 1.54) is 5.41 Å². The molecular weight excluding hydrogens is 182 g/mol. The number of carboxylic acids is 2. The minimum Gasteiger partial charge on any atom is -0.478 e. The number of nitrogens with one attached hydrogen (secondary N) is 1. The summed E-state index contributed by atoms with van der Waals surface area (Å²) in [7, 11) is 0. The lowest BCUT2D eigenvalue weighted by Crippen LogP contribution is -2.17. The van der Waals surface area contributed by atoms with Crippen LogP contribution in [0.2, 0.25) is 0 Å². The first-order valence-corrected chi connectivity index (χ1v) is 3.79. The highest BCUT2D eigenvalue weighted by atomic mass is 32.2. The van der Waals surface area contributed by atoms with Crippen LogP contribution in [-0.4, -0.2) is 22.2 Å². The first-order chi connectivity index (χ1) is 5.61. The maximum Gasteiger partial charge on any atom is 0.352 e. The Bertz CT molecular complexity index is 294. The largest absolute Gasteiger partial charge is 0.478 e. The molecule has 0 radical (unpaired) electrons. The number of carboxylic acid groups (broad SMARTS) is 2. The zero-order chi connectivity index (χ0) is 9.14. The molecule has 0 saturated heterocycles. The number of hydrogen-bond donors (Lipinski definition) is 3. The predicted octanol–water partition coefficient (Wildman–Crippen LogP) is 0.175. The molecule has 3 N–H and O–H groups in total. The second-order valence-corrected chi connectivity index (χ2v) is 2.64. The molecule has 1 heterocycles. The van der Waals surface area contributed by atoms with E-state index in [-0.39, 0.29) is 11.3 Å². The van der Waals surface area contributed by atoms with Crippen molar-refractivity contribution in [1.29, 1.82) is 0 Å². The maximum absolute atomic E-state index is 10.4. The molecule has 0 saturated carbocycles. The van der Waals surface area contributed by atoms with Crippen molar-refractivity contribution in [1.82, 2.24) is 4.72 Å². The van der Waals surface area contributed by atoms with E-state index in [4.69, 9.17) is 10.2 Å². The van der Waals surface area contributed by atoms with Crippen LogP contribution >= 0.6 is 11.9 Å². The van der Waals surface area contributed by atoms with Crippen LogP contribution in [0.1, 0.15) is 0 Å². The fraction of sp³-hybridized carbons (Fsp3) is 0. The summed E-state index contributed by atoms with van der Waals surface area (Å²) >= 11 is 0.926. The fourth-order valence-electron chi connectivity index (χ4n) is 0.593. The highest BCUT2D eigenvalue weighted by molar-refractivity contribution is 8.00. The summed E-state index contributed by atoms with van der Waals surface area (Å²) in [6.45, 7) is 0. The van der Waals surface area contributed by atoms with E-state index < -0.39 is 11.9 Å². The van der Waals surface area contributed by atoms with Gasteiger partial charge in [0.25, 0.3) is 0 Å².